The van der Waals surface area contributed by atoms with Gasteiger partial charge in [0, 0.05) is 6.42 Å². The Balaban J connectivity index is 1.44. The average Bonchev–Trinajstić information content (AvgIpc) is 3.06. The molecule has 3 aromatic rings. The summed E-state index contributed by atoms with van der Waals surface area (Å²) in [5.41, 5.74) is 4.67. The van der Waals surface area contributed by atoms with Gasteiger partial charge >= 0.3 is 5.97 Å². The fourth-order valence-corrected chi connectivity index (χ4v) is 4.35. The number of hydrogen-bond acceptors (Lipinski definition) is 6. The number of ether oxygens (including phenoxy) is 4. The van der Waals surface area contributed by atoms with E-state index in [4.69, 9.17) is 18.9 Å². The normalized spacial score (nSPS) is 12.1. The lowest BCUT2D eigenvalue weighted by Gasteiger charge is -2.24. The molecular formula is C28H29NO6. The Morgan fingerprint density at radius 2 is 1.34 bits per heavy atom. The number of benzene rings is 3. The highest BCUT2D eigenvalue weighted by Crippen LogP contribution is 2.39. The standard InChI is InChI=1S/C28H29NO6/c1-32-24-16-19(17-25(33-2)28(24)34-3)12-15-27(31)35-18-26(30)29-22-10-6-4-8-20(22)13-14-21-9-5-7-11-23(21)29/h4-11,16-17H,12-15,18H2,1-3H3. The van der Waals surface area contributed by atoms with Crippen molar-refractivity contribution < 1.29 is 28.5 Å². The number of rotatable bonds is 8. The lowest BCUT2D eigenvalue weighted by molar-refractivity contribution is -0.147. The maximum atomic E-state index is 13.3. The first-order valence-corrected chi connectivity index (χ1v) is 11.5. The van der Waals surface area contributed by atoms with Crippen molar-refractivity contribution in [2.75, 3.05) is 32.8 Å². The number of aryl methyl sites for hydroxylation is 3. The van der Waals surface area contributed by atoms with E-state index in [0.717, 1.165) is 40.9 Å². The van der Waals surface area contributed by atoms with Gasteiger partial charge in [0.25, 0.3) is 5.91 Å². The zero-order valence-electron chi connectivity index (χ0n) is 20.2. The highest BCUT2D eigenvalue weighted by atomic mass is 16.5. The minimum Gasteiger partial charge on any atom is -0.493 e. The fourth-order valence-electron chi connectivity index (χ4n) is 4.35. The van der Waals surface area contributed by atoms with Crippen LogP contribution in [0.15, 0.2) is 60.7 Å². The highest BCUT2D eigenvalue weighted by Gasteiger charge is 2.26. The molecule has 7 nitrogen and oxygen atoms in total. The smallest absolute Gasteiger partial charge is 0.306 e. The van der Waals surface area contributed by atoms with Crippen LogP contribution in [-0.4, -0.2) is 39.8 Å². The number of carbonyl (C=O) groups excluding carboxylic acids is 2. The Bertz CT molecular complexity index is 1150. The molecule has 0 aliphatic carbocycles. The highest BCUT2D eigenvalue weighted by molar-refractivity contribution is 6.03. The number of fused-ring (bicyclic) bond motifs is 2. The molecule has 0 spiro atoms. The van der Waals surface area contributed by atoms with E-state index < -0.39 is 5.97 Å². The number of hydrogen-bond donors (Lipinski definition) is 0. The number of nitrogens with zero attached hydrogens (tertiary/aromatic N) is 1. The Morgan fingerprint density at radius 1 is 0.800 bits per heavy atom. The predicted octanol–water partition coefficient (Wildman–Crippen LogP) is 4.65. The van der Waals surface area contributed by atoms with Gasteiger partial charge in [-0.2, -0.15) is 0 Å². The molecule has 4 rings (SSSR count). The van der Waals surface area contributed by atoms with Crippen molar-refractivity contribution in [3.05, 3.63) is 77.4 Å². The van der Waals surface area contributed by atoms with E-state index >= 15 is 0 Å². The fraction of sp³-hybridized carbons (Fsp3) is 0.286. The molecule has 3 aromatic carbocycles. The largest absolute Gasteiger partial charge is 0.493 e. The first-order chi connectivity index (χ1) is 17.0. The molecule has 182 valence electrons. The van der Waals surface area contributed by atoms with Crippen molar-refractivity contribution in [1.82, 2.24) is 0 Å². The minimum atomic E-state index is -0.455. The number of anilines is 2. The summed E-state index contributed by atoms with van der Waals surface area (Å²) < 4.78 is 21.5. The Kier molecular flexibility index (Phi) is 7.55. The zero-order chi connectivity index (χ0) is 24.8. The summed E-state index contributed by atoms with van der Waals surface area (Å²) in [6.07, 6.45) is 2.19. The maximum absolute atomic E-state index is 13.3. The van der Waals surface area contributed by atoms with Gasteiger partial charge in [0.15, 0.2) is 18.1 Å². The molecule has 35 heavy (non-hydrogen) atoms. The van der Waals surface area contributed by atoms with E-state index in [9.17, 15) is 9.59 Å². The van der Waals surface area contributed by atoms with Crippen LogP contribution in [0.25, 0.3) is 0 Å². The van der Waals surface area contributed by atoms with Gasteiger partial charge in [-0.25, -0.2) is 0 Å². The summed E-state index contributed by atoms with van der Waals surface area (Å²) >= 11 is 0. The third-order valence-corrected chi connectivity index (χ3v) is 6.08. The first-order valence-electron chi connectivity index (χ1n) is 11.5. The van der Waals surface area contributed by atoms with Crippen LogP contribution in [0.5, 0.6) is 17.2 Å². The van der Waals surface area contributed by atoms with Crippen molar-refractivity contribution in [3.8, 4) is 17.2 Å². The quantitative estimate of drug-likeness (QED) is 0.442. The van der Waals surface area contributed by atoms with E-state index in [0.29, 0.717) is 23.7 Å². The van der Waals surface area contributed by atoms with Crippen molar-refractivity contribution in [3.63, 3.8) is 0 Å². The predicted molar refractivity (Wildman–Crippen MR) is 133 cm³/mol. The lowest BCUT2D eigenvalue weighted by atomic mass is 10.0. The molecule has 7 heteroatoms. The SMILES string of the molecule is COc1cc(CCC(=O)OCC(=O)N2c3ccccc3CCc3ccccc32)cc(OC)c1OC. The van der Waals surface area contributed by atoms with Gasteiger partial charge < -0.3 is 18.9 Å². The summed E-state index contributed by atoms with van der Waals surface area (Å²) in [4.78, 5) is 27.5. The molecule has 0 saturated carbocycles. The van der Waals surface area contributed by atoms with Crippen LogP contribution in [0.1, 0.15) is 23.1 Å². The molecule has 0 fully saturated rings. The van der Waals surface area contributed by atoms with Gasteiger partial charge in [-0.15, -0.1) is 0 Å². The number of methoxy groups -OCH3 is 3. The molecule has 1 heterocycles. The first kappa shape index (κ1) is 24.1. The summed E-state index contributed by atoms with van der Waals surface area (Å²) in [6, 6.07) is 19.3. The second-order valence-electron chi connectivity index (χ2n) is 8.18. The van der Waals surface area contributed by atoms with Gasteiger partial charge in [0.05, 0.1) is 32.7 Å². The number of amides is 1. The van der Waals surface area contributed by atoms with Gasteiger partial charge in [-0.05, 0) is 60.2 Å². The number of para-hydroxylation sites is 2. The van der Waals surface area contributed by atoms with E-state index in [1.807, 2.05) is 48.5 Å². The van der Waals surface area contributed by atoms with Crippen molar-refractivity contribution in [1.29, 1.82) is 0 Å². The molecule has 0 aromatic heterocycles. The van der Waals surface area contributed by atoms with Gasteiger partial charge in [0.2, 0.25) is 5.75 Å². The Morgan fingerprint density at radius 3 is 1.86 bits per heavy atom. The molecule has 0 saturated heterocycles. The van der Waals surface area contributed by atoms with Crippen molar-refractivity contribution in [2.24, 2.45) is 0 Å². The third kappa shape index (κ3) is 5.24. The van der Waals surface area contributed by atoms with E-state index in [1.165, 1.54) is 7.11 Å². The Hall–Kier alpha value is -4.00. The molecular weight excluding hydrogens is 446 g/mol. The van der Waals surface area contributed by atoms with E-state index in [2.05, 4.69) is 0 Å². The minimum absolute atomic E-state index is 0.110. The monoisotopic (exact) mass is 475 g/mol. The van der Waals surface area contributed by atoms with Crippen LogP contribution < -0.4 is 19.1 Å². The van der Waals surface area contributed by atoms with Crippen LogP contribution >= 0.6 is 0 Å². The summed E-state index contributed by atoms with van der Waals surface area (Å²) in [7, 11) is 4.62. The molecule has 0 radical (unpaired) electrons. The van der Waals surface area contributed by atoms with Gasteiger partial charge in [-0.1, -0.05) is 36.4 Å². The summed E-state index contributed by atoms with van der Waals surface area (Å²) in [5, 5.41) is 0. The van der Waals surface area contributed by atoms with Gasteiger partial charge in [-0.3, -0.25) is 14.5 Å². The molecule has 0 unspecified atom stereocenters. The molecule has 1 aliphatic heterocycles. The zero-order valence-corrected chi connectivity index (χ0v) is 20.2. The van der Waals surface area contributed by atoms with Crippen LogP contribution in [0.2, 0.25) is 0 Å². The second-order valence-corrected chi connectivity index (χ2v) is 8.18. The molecule has 0 N–H and O–H groups in total. The van der Waals surface area contributed by atoms with Crippen LogP contribution in [0.3, 0.4) is 0 Å². The molecule has 1 aliphatic rings. The van der Waals surface area contributed by atoms with E-state index in [1.54, 1.807) is 31.3 Å². The Labute approximate surface area is 205 Å². The van der Waals surface area contributed by atoms with Crippen LogP contribution in [0.4, 0.5) is 11.4 Å². The molecule has 0 bridgehead atoms. The number of esters is 1. The molecule has 1 amide bonds. The average molecular weight is 476 g/mol. The van der Waals surface area contributed by atoms with Crippen LogP contribution in [-0.2, 0) is 33.6 Å². The maximum Gasteiger partial charge on any atom is 0.306 e. The van der Waals surface area contributed by atoms with E-state index in [-0.39, 0.29) is 18.9 Å². The van der Waals surface area contributed by atoms with Crippen LogP contribution in [0, 0.1) is 0 Å². The number of carbonyl (C=O) groups is 2. The third-order valence-electron chi connectivity index (χ3n) is 6.08. The van der Waals surface area contributed by atoms with Crippen molar-refractivity contribution >= 4 is 23.3 Å². The lowest BCUT2D eigenvalue weighted by Crippen LogP contribution is -2.31. The molecule has 0 atom stereocenters. The van der Waals surface area contributed by atoms with Crippen molar-refractivity contribution in [2.45, 2.75) is 25.7 Å². The topological polar surface area (TPSA) is 74.3 Å². The van der Waals surface area contributed by atoms with Gasteiger partial charge in [0.1, 0.15) is 0 Å². The summed E-state index contributed by atoms with van der Waals surface area (Å²) in [5.74, 6) is 0.786. The second kappa shape index (κ2) is 11.0. The summed E-state index contributed by atoms with van der Waals surface area (Å²) in [6.45, 7) is -0.337.